The van der Waals surface area contributed by atoms with E-state index in [4.69, 9.17) is 9.47 Å². The second-order valence-electron chi connectivity index (χ2n) is 5.63. The molecule has 0 atom stereocenters. The molecule has 0 saturated heterocycles. The molecule has 1 N–H and O–H groups in total. The Kier molecular flexibility index (Phi) is 6.61. The zero-order chi connectivity index (χ0) is 16.8. The van der Waals surface area contributed by atoms with E-state index < -0.39 is 5.97 Å². The van der Waals surface area contributed by atoms with Crippen molar-refractivity contribution < 1.29 is 19.1 Å². The molecule has 0 aliphatic carbocycles. The molecule has 1 aromatic carbocycles. The van der Waals surface area contributed by atoms with Gasteiger partial charge in [0.25, 0.3) is 5.91 Å². The Morgan fingerprint density at radius 3 is 2.59 bits per heavy atom. The number of carbonyl (C=O) groups is 2. The normalized spacial score (nSPS) is 11.3. The van der Waals surface area contributed by atoms with Crippen LogP contribution in [0.3, 0.4) is 0 Å². The lowest BCUT2D eigenvalue weighted by molar-refractivity contribution is -0.144. The largest absolute Gasteiger partial charge is 0.496 e. The van der Waals surface area contributed by atoms with E-state index in [2.05, 4.69) is 21.2 Å². The van der Waals surface area contributed by atoms with Crippen molar-refractivity contribution in [1.82, 2.24) is 5.32 Å². The summed E-state index contributed by atoms with van der Waals surface area (Å²) in [5.74, 6) is -0.293. The van der Waals surface area contributed by atoms with E-state index in [9.17, 15) is 9.59 Å². The van der Waals surface area contributed by atoms with Crippen molar-refractivity contribution >= 4 is 33.9 Å². The van der Waals surface area contributed by atoms with Crippen LogP contribution in [0.4, 0.5) is 0 Å². The Morgan fingerprint density at radius 1 is 1.32 bits per heavy atom. The second-order valence-corrected chi connectivity index (χ2v) is 6.54. The number of methoxy groups -OCH3 is 1. The van der Waals surface area contributed by atoms with Gasteiger partial charge in [-0.2, -0.15) is 0 Å². The molecule has 0 aliphatic rings. The minimum absolute atomic E-state index is 0.309. The molecule has 0 radical (unpaired) electrons. The van der Waals surface area contributed by atoms with Gasteiger partial charge in [-0.3, -0.25) is 4.79 Å². The van der Waals surface area contributed by atoms with Gasteiger partial charge in [0.1, 0.15) is 5.75 Å². The molecule has 0 bridgehead atoms. The molecule has 6 heteroatoms. The van der Waals surface area contributed by atoms with Crippen molar-refractivity contribution in [3.63, 3.8) is 0 Å². The predicted molar refractivity (Wildman–Crippen MR) is 88.6 cm³/mol. The van der Waals surface area contributed by atoms with E-state index in [0.29, 0.717) is 5.75 Å². The van der Waals surface area contributed by atoms with E-state index in [1.807, 2.05) is 32.9 Å². The van der Waals surface area contributed by atoms with E-state index in [1.165, 1.54) is 6.08 Å². The highest BCUT2D eigenvalue weighted by Gasteiger charge is 2.14. The fourth-order valence-electron chi connectivity index (χ4n) is 1.63. The maximum Gasteiger partial charge on any atom is 0.331 e. The Hall–Kier alpha value is -1.82. The van der Waals surface area contributed by atoms with Gasteiger partial charge in [0.15, 0.2) is 6.61 Å². The van der Waals surface area contributed by atoms with Gasteiger partial charge in [0.2, 0.25) is 0 Å². The molecule has 0 heterocycles. The molecular formula is C16H20BrNO4. The van der Waals surface area contributed by atoms with Crippen LogP contribution in [-0.2, 0) is 14.3 Å². The summed E-state index contributed by atoms with van der Waals surface area (Å²) < 4.78 is 10.9. The van der Waals surface area contributed by atoms with Crippen LogP contribution in [0.25, 0.3) is 6.08 Å². The molecule has 0 aromatic heterocycles. The number of benzene rings is 1. The van der Waals surface area contributed by atoms with Crippen LogP contribution in [-0.4, -0.2) is 31.1 Å². The quantitative estimate of drug-likeness (QED) is 0.640. The van der Waals surface area contributed by atoms with Gasteiger partial charge in [-0.05, 0) is 45.0 Å². The zero-order valence-electron chi connectivity index (χ0n) is 13.1. The first-order valence-electron chi connectivity index (χ1n) is 6.70. The summed E-state index contributed by atoms with van der Waals surface area (Å²) in [4.78, 5) is 23.2. The summed E-state index contributed by atoms with van der Waals surface area (Å²) >= 11 is 3.35. The standard InChI is InChI=1S/C16H20BrNO4/c1-16(2,3)18-14(19)10-22-15(20)8-5-11-9-12(17)6-7-13(11)21-4/h5-9H,10H2,1-4H3,(H,18,19)/b8-5+. The van der Waals surface area contributed by atoms with Crippen LogP contribution in [0.1, 0.15) is 26.3 Å². The summed E-state index contributed by atoms with van der Waals surface area (Å²) in [6.07, 6.45) is 2.84. The smallest absolute Gasteiger partial charge is 0.331 e. The Balaban J connectivity index is 2.58. The van der Waals surface area contributed by atoms with Crippen molar-refractivity contribution in [1.29, 1.82) is 0 Å². The molecule has 0 unspecified atom stereocenters. The van der Waals surface area contributed by atoms with Crippen LogP contribution in [0.15, 0.2) is 28.7 Å². The number of carbonyl (C=O) groups excluding carboxylic acids is 2. The number of ether oxygens (including phenoxy) is 2. The summed E-state index contributed by atoms with van der Waals surface area (Å²) in [6, 6.07) is 5.44. The Bertz CT molecular complexity index is 576. The van der Waals surface area contributed by atoms with Gasteiger partial charge in [-0.25, -0.2) is 4.79 Å². The topological polar surface area (TPSA) is 64.6 Å². The molecule has 0 spiro atoms. The highest BCUT2D eigenvalue weighted by Crippen LogP contribution is 2.24. The number of rotatable bonds is 5. The first kappa shape index (κ1) is 18.2. The van der Waals surface area contributed by atoms with Gasteiger partial charge in [-0.1, -0.05) is 15.9 Å². The number of nitrogens with one attached hydrogen (secondary N) is 1. The van der Waals surface area contributed by atoms with Crippen molar-refractivity contribution in [2.45, 2.75) is 26.3 Å². The molecule has 1 aromatic rings. The summed E-state index contributed by atoms with van der Waals surface area (Å²) in [7, 11) is 1.55. The van der Waals surface area contributed by atoms with E-state index in [1.54, 1.807) is 19.3 Å². The van der Waals surface area contributed by atoms with Crippen molar-refractivity contribution in [3.8, 4) is 5.75 Å². The molecule has 0 aliphatic heterocycles. The molecule has 0 fully saturated rings. The first-order chi connectivity index (χ1) is 10.2. The minimum atomic E-state index is -0.592. The third-order valence-corrected chi connectivity index (χ3v) is 2.94. The second kappa shape index (κ2) is 7.98. The lowest BCUT2D eigenvalue weighted by Crippen LogP contribution is -2.42. The van der Waals surface area contributed by atoms with E-state index >= 15 is 0 Å². The summed E-state index contributed by atoms with van der Waals surface area (Å²) in [6.45, 7) is 5.25. The fourth-order valence-corrected chi connectivity index (χ4v) is 2.01. The zero-order valence-corrected chi connectivity index (χ0v) is 14.7. The van der Waals surface area contributed by atoms with Gasteiger partial charge in [0.05, 0.1) is 7.11 Å². The molecule has 0 saturated carbocycles. The van der Waals surface area contributed by atoms with E-state index in [0.717, 1.165) is 10.0 Å². The maximum atomic E-state index is 11.6. The Morgan fingerprint density at radius 2 is 2.00 bits per heavy atom. The first-order valence-corrected chi connectivity index (χ1v) is 7.50. The third kappa shape index (κ3) is 6.76. The number of halogens is 1. The predicted octanol–water partition coefficient (Wildman–Crippen LogP) is 2.93. The van der Waals surface area contributed by atoms with Gasteiger partial charge in [0, 0.05) is 21.7 Å². The van der Waals surface area contributed by atoms with Gasteiger partial charge < -0.3 is 14.8 Å². The molecule has 1 rings (SSSR count). The van der Waals surface area contributed by atoms with Gasteiger partial charge in [-0.15, -0.1) is 0 Å². The lowest BCUT2D eigenvalue weighted by atomic mass is 10.1. The van der Waals surface area contributed by atoms with Crippen LogP contribution >= 0.6 is 15.9 Å². The minimum Gasteiger partial charge on any atom is -0.496 e. The van der Waals surface area contributed by atoms with Crippen LogP contribution in [0.5, 0.6) is 5.75 Å². The van der Waals surface area contributed by atoms with Crippen LogP contribution in [0, 0.1) is 0 Å². The average Bonchev–Trinajstić information content (AvgIpc) is 2.41. The molecule has 120 valence electrons. The van der Waals surface area contributed by atoms with Crippen LogP contribution < -0.4 is 10.1 Å². The van der Waals surface area contributed by atoms with Gasteiger partial charge >= 0.3 is 5.97 Å². The average molecular weight is 370 g/mol. The van der Waals surface area contributed by atoms with Crippen molar-refractivity contribution in [2.75, 3.05) is 13.7 Å². The fraction of sp³-hybridized carbons (Fsp3) is 0.375. The number of hydrogen-bond acceptors (Lipinski definition) is 4. The number of hydrogen-bond donors (Lipinski definition) is 1. The summed E-state index contributed by atoms with van der Waals surface area (Å²) in [5.41, 5.74) is 0.371. The molecule has 22 heavy (non-hydrogen) atoms. The molecule has 1 amide bonds. The van der Waals surface area contributed by atoms with E-state index in [-0.39, 0.29) is 18.1 Å². The summed E-state index contributed by atoms with van der Waals surface area (Å²) in [5, 5.41) is 2.71. The number of amides is 1. The highest BCUT2D eigenvalue weighted by atomic mass is 79.9. The van der Waals surface area contributed by atoms with Crippen LogP contribution in [0.2, 0.25) is 0 Å². The van der Waals surface area contributed by atoms with Crippen molar-refractivity contribution in [2.24, 2.45) is 0 Å². The highest BCUT2D eigenvalue weighted by molar-refractivity contribution is 9.10. The number of esters is 1. The van der Waals surface area contributed by atoms with Crippen molar-refractivity contribution in [3.05, 3.63) is 34.3 Å². The SMILES string of the molecule is COc1ccc(Br)cc1/C=C/C(=O)OCC(=O)NC(C)(C)C. The lowest BCUT2D eigenvalue weighted by Gasteiger charge is -2.20. The molecular weight excluding hydrogens is 350 g/mol. The Labute approximate surface area is 138 Å². The molecule has 5 nitrogen and oxygen atoms in total. The maximum absolute atomic E-state index is 11.6. The monoisotopic (exact) mass is 369 g/mol. The third-order valence-electron chi connectivity index (χ3n) is 2.45.